The SMILES string of the molecule is CCNC(=NCCNS(=O)(=O)c1cccc(Cl)c1)N1CCC(COCCOC)C1. The highest BCUT2D eigenvalue weighted by Gasteiger charge is 2.25. The maximum Gasteiger partial charge on any atom is 0.240 e. The summed E-state index contributed by atoms with van der Waals surface area (Å²) >= 11 is 5.88. The molecule has 8 nitrogen and oxygen atoms in total. The van der Waals surface area contributed by atoms with Crippen molar-refractivity contribution < 1.29 is 17.9 Å². The summed E-state index contributed by atoms with van der Waals surface area (Å²) in [4.78, 5) is 6.92. The molecule has 1 atom stereocenters. The first kappa shape index (κ1) is 23.9. The van der Waals surface area contributed by atoms with E-state index in [2.05, 4.69) is 19.9 Å². The van der Waals surface area contributed by atoms with Gasteiger partial charge < -0.3 is 19.7 Å². The molecule has 0 amide bonds. The zero-order valence-corrected chi connectivity index (χ0v) is 18.6. The number of sulfonamides is 1. The average Bonchev–Trinajstić information content (AvgIpc) is 3.16. The Bertz CT molecular complexity index is 760. The van der Waals surface area contributed by atoms with Crippen molar-refractivity contribution in [3.63, 3.8) is 0 Å². The molecule has 2 rings (SSSR count). The van der Waals surface area contributed by atoms with Crippen LogP contribution in [0.25, 0.3) is 0 Å². The van der Waals surface area contributed by atoms with Gasteiger partial charge in [-0.05, 0) is 31.5 Å². The summed E-state index contributed by atoms with van der Waals surface area (Å²) < 4.78 is 37.9. The van der Waals surface area contributed by atoms with Gasteiger partial charge in [-0.2, -0.15) is 0 Å². The Morgan fingerprint density at radius 1 is 1.38 bits per heavy atom. The number of methoxy groups -OCH3 is 1. The summed E-state index contributed by atoms with van der Waals surface area (Å²) in [6.07, 6.45) is 1.04. The Kier molecular flexibility index (Phi) is 10.2. The quantitative estimate of drug-likeness (QED) is 0.304. The smallest absolute Gasteiger partial charge is 0.240 e. The van der Waals surface area contributed by atoms with Crippen LogP contribution in [0.4, 0.5) is 0 Å². The van der Waals surface area contributed by atoms with Gasteiger partial charge in [0.2, 0.25) is 10.0 Å². The van der Waals surface area contributed by atoms with Crippen molar-refractivity contribution in [2.45, 2.75) is 18.2 Å². The van der Waals surface area contributed by atoms with E-state index >= 15 is 0 Å². The van der Waals surface area contributed by atoms with Crippen molar-refractivity contribution in [3.8, 4) is 0 Å². The fourth-order valence-electron chi connectivity index (χ4n) is 3.04. The zero-order chi connectivity index (χ0) is 21.1. The van der Waals surface area contributed by atoms with Crippen molar-refractivity contribution in [1.29, 1.82) is 0 Å². The van der Waals surface area contributed by atoms with Crippen molar-refractivity contribution in [1.82, 2.24) is 14.9 Å². The Balaban J connectivity index is 1.83. The highest BCUT2D eigenvalue weighted by Crippen LogP contribution is 2.17. The minimum Gasteiger partial charge on any atom is -0.382 e. The molecule has 0 bridgehead atoms. The van der Waals surface area contributed by atoms with Crippen LogP contribution in [-0.2, 0) is 19.5 Å². The van der Waals surface area contributed by atoms with Crippen molar-refractivity contribution in [2.24, 2.45) is 10.9 Å². The molecule has 0 spiro atoms. The average molecular weight is 447 g/mol. The van der Waals surface area contributed by atoms with E-state index in [4.69, 9.17) is 21.1 Å². The molecule has 29 heavy (non-hydrogen) atoms. The first-order valence-electron chi connectivity index (χ1n) is 9.81. The first-order valence-corrected chi connectivity index (χ1v) is 11.7. The zero-order valence-electron chi connectivity index (χ0n) is 17.1. The third-order valence-electron chi connectivity index (χ3n) is 4.48. The molecule has 0 aliphatic carbocycles. The van der Waals surface area contributed by atoms with Crippen LogP contribution in [0.3, 0.4) is 0 Å². The predicted octanol–water partition coefficient (Wildman–Crippen LogP) is 1.57. The van der Waals surface area contributed by atoms with Crippen LogP contribution in [-0.4, -0.2) is 78.9 Å². The molecule has 1 aromatic rings. The number of hydrogen-bond donors (Lipinski definition) is 2. The number of aliphatic imine (C=N–C) groups is 1. The van der Waals surface area contributed by atoms with E-state index in [-0.39, 0.29) is 11.4 Å². The minimum absolute atomic E-state index is 0.150. The second-order valence-electron chi connectivity index (χ2n) is 6.76. The lowest BCUT2D eigenvalue weighted by Gasteiger charge is -2.21. The number of likely N-dealkylation sites (tertiary alicyclic amines) is 1. The number of halogens is 1. The molecule has 1 aromatic carbocycles. The second-order valence-corrected chi connectivity index (χ2v) is 8.96. The number of nitrogens with one attached hydrogen (secondary N) is 2. The summed E-state index contributed by atoms with van der Waals surface area (Å²) in [5, 5.41) is 3.66. The Hall–Kier alpha value is -1.39. The van der Waals surface area contributed by atoms with Crippen LogP contribution in [0.1, 0.15) is 13.3 Å². The maximum absolute atomic E-state index is 12.3. The number of benzene rings is 1. The van der Waals surface area contributed by atoms with E-state index in [1.807, 2.05) is 6.92 Å². The molecule has 1 aliphatic heterocycles. The van der Waals surface area contributed by atoms with Crippen LogP contribution in [0.2, 0.25) is 5.02 Å². The number of hydrogen-bond acceptors (Lipinski definition) is 5. The largest absolute Gasteiger partial charge is 0.382 e. The molecular weight excluding hydrogens is 416 g/mol. The maximum atomic E-state index is 12.3. The van der Waals surface area contributed by atoms with Gasteiger partial charge >= 0.3 is 0 Å². The third-order valence-corrected chi connectivity index (χ3v) is 6.17. The minimum atomic E-state index is -3.60. The van der Waals surface area contributed by atoms with E-state index < -0.39 is 10.0 Å². The standard InChI is InChI=1S/C19H31ClN4O4S/c1-3-21-19(24-10-7-16(14-24)15-28-12-11-27-2)22-8-9-23-29(25,26)18-6-4-5-17(20)13-18/h4-6,13,16,23H,3,7-12,14-15H2,1-2H3,(H,21,22). The monoisotopic (exact) mass is 446 g/mol. The number of guanidine groups is 1. The molecule has 0 aromatic heterocycles. The molecule has 10 heteroatoms. The third kappa shape index (κ3) is 8.10. The van der Waals surface area contributed by atoms with Gasteiger partial charge in [-0.25, -0.2) is 13.1 Å². The highest BCUT2D eigenvalue weighted by molar-refractivity contribution is 7.89. The topological polar surface area (TPSA) is 92.3 Å². The van der Waals surface area contributed by atoms with Gasteiger partial charge in [0, 0.05) is 44.2 Å². The van der Waals surface area contributed by atoms with E-state index in [1.165, 1.54) is 12.1 Å². The van der Waals surface area contributed by atoms with E-state index in [1.54, 1.807) is 19.2 Å². The fourth-order valence-corrected chi connectivity index (χ4v) is 4.36. The van der Waals surface area contributed by atoms with Gasteiger partial charge in [-0.3, -0.25) is 4.99 Å². The second kappa shape index (κ2) is 12.3. The summed E-state index contributed by atoms with van der Waals surface area (Å²) in [6.45, 7) is 7.00. The van der Waals surface area contributed by atoms with Crippen molar-refractivity contribution in [3.05, 3.63) is 29.3 Å². The van der Waals surface area contributed by atoms with Crippen LogP contribution in [0.5, 0.6) is 0 Å². The van der Waals surface area contributed by atoms with Crippen LogP contribution in [0, 0.1) is 5.92 Å². The normalized spacial score (nSPS) is 17.7. The fraction of sp³-hybridized carbons (Fsp3) is 0.632. The Labute approximate surface area is 178 Å². The molecule has 1 aliphatic rings. The van der Waals surface area contributed by atoms with Crippen LogP contribution >= 0.6 is 11.6 Å². The number of nitrogens with zero attached hydrogens (tertiary/aromatic N) is 2. The molecule has 1 unspecified atom stereocenters. The molecule has 1 fully saturated rings. The molecule has 0 saturated carbocycles. The molecule has 1 saturated heterocycles. The summed E-state index contributed by atoms with van der Waals surface area (Å²) in [5.74, 6) is 1.26. The van der Waals surface area contributed by atoms with Gasteiger partial charge in [0.05, 0.1) is 31.3 Å². The molecule has 164 valence electrons. The number of rotatable bonds is 11. The van der Waals surface area contributed by atoms with Crippen molar-refractivity contribution >= 4 is 27.6 Å². The summed E-state index contributed by atoms with van der Waals surface area (Å²) in [7, 11) is -1.94. The van der Waals surface area contributed by atoms with Gasteiger partial charge in [0.15, 0.2) is 5.96 Å². The van der Waals surface area contributed by atoms with Gasteiger partial charge in [0.25, 0.3) is 0 Å². The lowest BCUT2D eigenvalue weighted by atomic mass is 10.1. The lowest BCUT2D eigenvalue weighted by Crippen LogP contribution is -2.41. The van der Waals surface area contributed by atoms with Crippen molar-refractivity contribution in [2.75, 3.05) is 59.7 Å². The Morgan fingerprint density at radius 2 is 2.21 bits per heavy atom. The van der Waals surface area contributed by atoms with E-state index in [0.717, 1.165) is 32.0 Å². The summed E-state index contributed by atoms with van der Waals surface area (Å²) in [6, 6.07) is 6.19. The van der Waals surface area contributed by atoms with E-state index in [9.17, 15) is 8.42 Å². The Morgan fingerprint density at radius 3 is 2.93 bits per heavy atom. The molecule has 2 N–H and O–H groups in total. The van der Waals surface area contributed by atoms with Gasteiger partial charge in [-0.15, -0.1) is 0 Å². The first-order chi connectivity index (χ1) is 14.0. The molecule has 1 heterocycles. The number of ether oxygens (including phenoxy) is 2. The predicted molar refractivity (Wildman–Crippen MR) is 115 cm³/mol. The lowest BCUT2D eigenvalue weighted by molar-refractivity contribution is 0.0536. The van der Waals surface area contributed by atoms with Crippen LogP contribution < -0.4 is 10.0 Å². The molecule has 0 radical (unpaired) electrons. The van der Waals surface area contributed by atoms with E-state index in [0.29, 0.717) is 37.3 Å². The van der Waals surface area contributed by atoms with Gasteiger partial charge in [-0.1, -0.05) is 17.7 Å². The highest BCUT2D eigenvalue weighted by atomic mass is 35.5. The van der Waals surface area contributed by atoms with Gasteiger partial charge in [0.1, 0.15) is 0 Å². The summed E-state index contributed by atoms with van der Waals surface area (Å²) in [5.41, 5.74) is 0. The van der Waals surface area contributed by atoms with Crippen LogP contribution in [0.15, 0.2) is 34.2 Å². The molecular formula is C19H31ClN4O4S.